The summed E-state index contributed by atoms with van der Waals surface area (Å²) in [6.07, 6.45) is 1.66. The van der Waals surface area contributed by atoms with Crippen molar-refractivity contribution in [1.29, 1.82) is 0 Å². The minimum atomic E-state index is -0.364. The van der Waals surface area contributed by atoms with Crippen molar-refractivity contribution in [2.75, 3.05) is 0 Å². The quantitative estimate of drug-likeness (QED) is 0.580. The maximum absolute atomic E-state index is 10.7. The van der Waals surface area contributed by atoms with E-state index in [0.717, 1.165) is 6.29 Å². The highest BCUT2D eigenvalue weighted by atomic mass is 16.1. The van der Waals surface area contributed by atoms with Crippen LogP contribution in [0.4, 0.5) is 0 Å². The molecule has 4 nitrogen and oxygen atoms in total. The van der Waals surface area contributed by atoms with Gasteiger partial charge in [0.25, 0.3) is 0 Å². The molecule has 0 amide bonds. The predicted molar refractivity (Wildman–Crippen MR) is 55.7 cm³/mol. The summed E-state index contributed by atoms with van der Waals surface area (Å²) >= 11 is 0. The Bertz CT molecular complexity index is 224. The van der Waals surface area contributed by atoms with Crippen LogP contribution in [0.5, 0.6) is 0 Å². The minimum absolute atomic E-state index is 0.0741. The van der Waals surface area contributed by atoms with Crippen LogP contribution in [-0.2, 0) is 9.59 Å². The van der Waals surface area contributed by atoms with Gasteiger partial charge < -0.3 is 20.6 Å². The first-order valence-electron chi connectivity index (χ1n) is 4.63. The van der Waals surface area contributed by atoms with Crippen LogP contribution in [0.3, 0.4) is 0 Å². The third-order valence-electron chi connectivity index (χ3n) is 1.89. The predicted octanol–water partition coefficient (Wildman–Crippen LogP) is 0.374. The molecule has 0 aliphatic carbocycles. The maximum atomic E-state index is 10.7. The molecule has 0 saturated carbocycles. The Kier molecular flexibility index (Phi) is 5.79. The zero-order valence-electron chi connectivity index (χ0n) is 8.75. The SMILES string of the molecule is C=C(N[C@H](C=O)CCC(C)=O)[C@H](C)N. The lowest BCUT2D eigenvalue weighted by molar-refractivity contribution is -0.117. The summed E-state index contributed by atoms with van der Waals surface area (Å²) in [5, 5.41) is 2.88. The van der Waals surface area contributed by atoms with Gasteiger partial charge in [-0.25, -0.2) is 0 Å². The number of rotatable bonds is 7. The monoisotopic (exact) mass is 198 g/mol. The van der Waals surface area contributed by atoms with E-state index in [2.05, 4.69) is 11.9 Å². The highest BCUT2D eigenvalue weighted by molar-refractivity contribution is 5.76. The molecule has 3 N–H and O–H groups in total. The Morgan fingerprint density at radius 1 is 1.64 bits per heavy atom. The van der Waals surface area contributed by atoms with Crippen LogP contribution in [0.2, 0.25) is 0 Å². The van der Waals surface area contributed by atoms with Crippen LogP contribution in [0.25, 0.3) is 0 Å². The lowest BCUT2D eigenvalue weighted by Crippen LogP contribution is -2.36. The van der Waals surface area contributed by atoms with E-state index in [1.165, 1.54) is 6.92 Å². The number of ketones is 1. The number of nitrogens with two attached hydrogens (primary N) is 1. The van der Waals surface area contributed by atoms with Crippen molar-refractivity contribution in [2.45, 2.75) is 38.8 Å². The Morgan fingerprint density at radius 2 is 2.21 bits per heavy atom. The van der Waals surface area contributed by atoms with Crippen molar-refractivity contribution in [3.63, 3.8) is 0 Å². The van der Waals surface area contributed by atoms with Crippen LogP contribution < -0.4 is 11.1 Å². The summed E-state index contributed by atoms with van der Waals surface area (Å²) in [7, 11) is 0. The second-order valence-corrected chi connectivity index (χ2v) is 3.44. The Labute approximate surface area is 84.5 Å². The molecule has 2 atom stereocenters. The number of nitrogens with one attached hydrogen (secondary N) is 1. The van der Waals surface area contributed by atoms with E-state index in [9.17, 15) is 9.59 Å². The first-order chi connectivity index (χ1) is 6.47. The van der Waals surface area contributed by atoms with Crippen LogP contribution in [0, 0.1) is 0 Å². The highest BCUT2D eigenvalue weighted by Crippen LogP contribution is 2.00. The van der Waals surface area contributed by atoms with Gasteiger partial charge in [-0.3, -0.25) is 0 Å². The standard InChI is InChI=1S/C10H18N2O2/c1-7(14)4-5-10(6-13)12-9(3)8(2)11/h6,8,10,12H,3-5,11H2,1-2H3/t8-,10-/m0/s1. The molecule has 0 heterocycles. The molecule has 4 heteroatoms. The van der Waals surface area contributed by atoms with E-state index in [0.29, 0.717) is 18.5 Å². The number of Topliss-reactive ketones (excluding diaryl/α,β-unsaturated/α-hetero) is 1. The normalized spacial score (nSPS) is 14.2. The van der Waals surface area contributed by atoms with Gasteiger partial charge in [-0.05, 0) is 20.3 Å². The molecule has 14 heavy (non-hydrogen) atoms. The summed E-state index contributed by atoms with van der Waals surface area (Å²) < 4.78 is 0. The lowest BCUT2D eigenvalue weighted by Gasteiger charge is -2.17. The topological polar surface area (TPSA) is 72.2 Å². The van der Waals surface area contributed by atoms with Gasteiger partial charge in [-0.1, -0.05) is 6.58 Å². The summed E-state index contributed by atoms with van der Waals surface area (Å²) in [5.41, 5.74) is 6.17. The van der Waals surface area contributed by atoms with Gasteiger partial charge in [0.1, 0.15) is 12.1 Å². The average molecular weight is 198 g/mol. The van der Waals surface area contributed by atoms with Gasteiger partial charge in [0.2, 0.25) is 0 Å². The van der Waals surface area contributed by atoms with Crippen molar-refractivity contribution in [3.8, 4) is 0 Å². The fraction of sp³-hybridized carbons (Fsp3) is 0.600. The molecular formula is C10H18N2O2. The fourth-order valence-electron chi connectivity index (χ4n) is 0.903. The molecule has 0 aromatic heterocycles. The molecule has 0 unspecified atom stereocenters. The molecule has 0 radical (unpaired) electrons. The van der Waals surface area contributed by atoms with Gasteiger partial charge >= 0.3 is 0 Å². The number of aldehydes is 1. The smallest absolute Gasteiger partial charge is 0.142 e. The third-order valence-corrected chi connectivity index (χ3v) is 1.89. The molecule has 80 valence electrons. The van der Waals surface area contributed by atoms with Gasteiger partial charge in [-0.2, -0.15) is 0 Å². The van der Waals surface area contributed by atoms with Crippen molar-refractivity contribution < 1.29 is 9.59 Å². The van der Waals surface area contributed by atoms with Crippen LogP contribution >= 0.6 is 0 Å². The molecule has 0 rings (SSSR count). The fourth-order valence-corrected chi connectivity index (χ4v) is 0.903. The second-order valence-electron chi connectivity index (χ2n) is 3.44. The van der Waals surface area contributed by atoms with Gasteiger partial charge in [0.05, 0.1) is 6.04 Å². The number of hydrogen-bond acceptors (Lipinski definition) is 4. The lowest BCUT2D eigenvalue weighted by atomic mass is 10.1. The van der Waals surface area contributed by atoms with E-state index in [4.69, 9.17) is 5.73 Å². The van der Waals surface area contributed by atoms with E-state index < -0.39 is 0 Å². The molecule has 0 spiro atoms. The Hall–Kier alpha value is -1.16. The molecule has 0 fully saturated rings. The molecule has 0 saturated heterocycles. The van der Waals surface area contributed by atoms with Crippen LogP contribution in [-0.4, -0.2) is 24.2 Å². The number of carbonyl (C=O) groups is 2. The summed E-state index contributed by atoms with van der Waals surface area (Å²) in [6, 6.07) is -0.563. The van der Waals surface area contributed by atoms with Crippen molar-refractivity contribution in [1.82, 2.24) is 5.32 Å². The van der Waals surface area contributed by atoms with E-state index in [1.54, 1.807) is 6.92 Å². The first-order valence-corrected chi connectivity index (χ1v) is 4.63. The van der Waals surface area contributed by atoms with E-state index in [-0.39, 0.29) is 17.9 Å². The summed E-state index contributed by atoms with van der Waals surface area (Å²) in [6.45, 7) is 6.97. The van der Waals surface area contributed by atoms with Crippen molar-refractivity contribution in [3.05, 3.63) is 12.3 Å². The van der Waals surface area contributed by atoms with E-state index in [1.807, 2.05) is 0 Å². The highest BCUT2D eigenvalue weighted by Gasteiger charge is 2.10. The van der Waals surface area contributed by atoms with Gasteiger partial charge in [-0.15, -0.1) is 0 Å². The first kappa shape index (κ1) is 12.8. The molecule has 0 aliphatic heterocycles. The van der Waals surface area contributed by atoms with Gasteiger partial charge in [0, 0.05) is 18.2 Å². The number of carbonyl (C=O) groups excluding carboxylic acids is 2. The van der Waals surface area contributed by atoms with Crippen LogP contribution in [0.1, 0.15) is 26.7 Å². The van der Waals surface area contributed by atoms with E-state index >= 15 is 0 Å². The molecular weight excluding hydrogens is 180 g/mol. The zero-order valence-corrected chi connectivity index (χ0v) is 8.75. The largest absolute Gasteiger partial charge is 0.378 e. The summed E-state index contributed by atoms with van der Waals surface area (Å²) in [5.74, 6) is 0.0741. The Balaban J connectivity index is 3.96. The molecule has 0 aliphatic rings. The molecule has 0 bridgehead atoms. The third kappa shape index (κ3) is 5.48. The van der Waals surface area contributed by atoms with Crippen molar-refractivity contribution in [2.24, 2.45) is 5.73 Å². The van der Waals surface area contributed by atoms with Crippen molar-refractivity contribution >= 4 is 12.1 Å². The second kappa shape index (κ2) is 6.32. The molecule has 0 aromatic rings. The summed E-state index contributed by atoms with van der Waals surface area (Å²) in [4.78, 5) is 21.3. The maximum Gasteiger partial charge on any atom is 0.142 e. The Morgan fingerprint density at radius 3 is 2.57 bits per heavy atom. The molecule has 0 aromatic carbocycles. The van der Waals surface area contributed by atoms with Gasteiger partial charge in [0.15, 0.2) is 0 Å². The number of hydrogen-bond donors (Lipinski definition) is 2. The zero-order chi connectivity index (χ0) is 11.1. The van der Waals surface area contributed by atoms with Crippen LogP contribution in [0.15, 0.2) is 12.3 Å². The average Bonchev–Trinajstić information content (AvgIpc) is 2.11. The minimum Gasteiger partial charge on any atom is -0.378 e.